The summed E-state index contributed by atoms with van der Waals surface area (Å²) in [5.74, 6) is -1.50. The van der Waals surface area contributed by atoms with Crippen LogP contribution in [0.5, 0.6) is 0 Å². The minimum Gasteiger partial charge on any atom is -0.380 e. The third-order valence-corrected chi connectivity index (χ3v) is 6.13. The molecule has 0 fully saturated rings. The van der Waals surface area contributed by atoms with E-state index in [0.717, 1.165) is 27.8 Å². The second kappa shape index (κ2) is 9.70. The molecular weight excluding hydrogens is 442 g/mol. The number of rotatable bonds is 6. The van der Waals surface area contributed by atoms with Crippen molar-refractivity contribution in [3.05, 3.63) is 88.7 Å². The molecule has 3 atom stereocenters. The first-order valence-electron chi connectivity index (χ1n) is 10.6. The van der Waals surface area contributed by atoms with Gasteiger partial charge in [0.1, 0.15) is 0 Å². The summed E-state index contributed by atoms with van der Waals surface area (Å²) in [6.07, 6.45) is -0.490. The summed E-state index contributed by atoms with van der Waals surface area (Å²) >= 11 is 6.19. The average Bonchev–Trinajstić information content (AvgIpc) is 3.27. The quantitative estimate of drug-likeness (QED) is 0.519. The van der Waals surface area contributed by atoms with E-state index in [4.69, 9.17) is 11.6 Å². The van der Waals surface area contributed by atoms with E-state index in [2.05, 4.69) is 10.3 Å². The lowest BCUT2D eigenvalue weighted by Crippen LogP contribution is -2.50. The number of benzene rings is 2. The van der Waals surface area contributed by atoms with Crippen LogP contribution < -0.4 is 5.32 Å². The van der Waals surface area contributed by atoms with Crippen LogP contribution in [0.2, 0.25) is 5.02 Å². The molecule has 2 heterocycles. The van der Waals surface area contributed by atoms with Crippen LogP contribution in [0.1, 0.15) is 29.7 Å². The zero-order chi connectivity index (χ0) is 23.5. The Hall–Kier alpha value is -3.26. The smallest absolute Gasteiger partial charge is 0.255 e. The van der Waals surface area contributed by atoms with Crippen LogP contribution in [0.25, 0.3) is 11.1 Å². The fraction of sp³-hybridized carbons (Fsp3) is 0.240. The lowest BCUT2D eigenvalue weighted by molar-refractivity contribution is -0.153. The average molecular weight is 466 g/mol. The largest absolute Gasteiger partial charge is 0.380 e. The fourth-order valence-electron chi connectivity index (χ4n) is 3.90. The van der Waals surface area contributed by atoms with Crippen LogP contribution in [-0.2, 0) is 22.7 Å². The maximum atomic E-state index is 12.6. The second-order valence-electron chi connectivity index (χ2n) is 8.06. The fourth-order valence-corrected chi connectivity index (χ4v) is 4.13. The molecule has 8 heteroatoms. The van der Waals surface area contributed by atoms with Crippen molar-refractivity contribution in [2.45, 2.75) is 38.3 Å². The third kappa shape index (κ3) is 4.90. The van der Waals surface area contributed by atoms with Gasteiger partial charge in [0.25, 0.3) is 11.8 Å². The number of aromatic nitrogens is 1. The predicted molar refractivity (Wildman–Crippen MR) is 124 cm³/mol. The summed E-state index contributed by atoms with van der Waals surface area (Å²) in [5, 5.41) is 23.9. The molecule has 7 nitrogen and oxygen atoms in total. The molecule has 2 amide bonds. The van der Waals surface area contributed by atoms with Gasteiger partial charge in [-0.25, -0.2) is 0 Å². The van der Waals surface area contributed by atoms with E-state index >= 15 is 0 Å². The van der Waals surface area contributed by atoms with Gasteiger partial charge in [-0.1, -0.05) is 60.1 Å². The lowest BCUT2D eigenvalue weighted by Gasteiger charge is -2.24. The highest BCUT2D eigenvalue weighted by molar-refractivity contribution is 6.33. The third-order valence-electron chi connectivity index (χ3n) is 5.83. The van der Waals surface area contributed by atoms with E-state index in [1.54, 1.807) is 19.3 Å². The van der Waals surface area contributed by atoms with E-state index in [0.29, 0.717) is 18.1 Å². The Bertz CT molecular complexity index is 1140. The van der Waals surface area contributed by atoms with E-state index in [1.165, 1.54) is 4.90 Å². The first-order chi connectivity index (χ1) is 15.8. The molecule has 0 unspecified atom stereocenters. The Labute approximate surface area is 196 Å². The molecule has 3 aromatic rings. The molecule has 0 saturated heterocycles. The summed E-state index contributed by atoms with van der Waals surface area (Å²) in [5.41, 5.74) is 4.51. The second-order valence-corrected chi connectivity index (χ2v) is 8.47. The summed E-state index contributed by atoms with van der Waals surface area (Å²) in [7, 11) is 0. The van der Waals surface area contributed by atoms with Gasteiger partial charge in [-0.2, -0.15) is 0 Å². The van der Waals surface area contributed by atoms with Gasteiger partial charge in [0.2, 0.25) is 0 Å². The first-order valence-corrected chi connectivity index (χ1v) is 10.9. The van der Waals surface area contributed by atoms with Crippen LogP contribution >= 0.6 is 11.6 Å². The molecule has 0 radical (unpaired) electrons. The van der Waals surface area contributed by atoms with Gasteiger partial charge < -0.3 is 20.4 Å². The number of fused-ring (bicyclic) bond motifs is 1. The Morgan fingerprint density at radius 3 is 2.24 bits per heavy atom. The maximum absolute atomic E-state index is 12.6. The van der Waals surface area contributed by atoms with Gasteiger partial charge in [-0.3, -0.25) is 14.6 Å². The van der Waals surface area contributed by atoms with Crippen molar-refractivity contribution in [2.75, 3.05) is 0 Å². The number of nitrogens with one attached hydrogen (secondary N) is 1. The van der Waals surface area contributed by atoms with Crippen LogP contribution in [0.3, 0.4) is 0 Å². The van der Waals surface area contributed by atoms with E-state index in [1.807, 2.05) is 54.6 Å². The molecule has 0 bridgehead atoms. The van der Waals surface area contributed by atoms with Gasteiger partial charge in [-0.05, 0) is 35.2 Å². The molecule has 0 spiro atoms. The van der Waals surface area contributed by atoms with Gasteiger partial charge in [-0.15, -0.1) is 0 Å². The molecule has 4 rings (SSSR count). The summed E-state index contributed by atoms with van der Waals surface area (Å²) in [6.45, 7) is 2.43. The first kappa shape index (κ1) is 22.9. The molecule has 170 valence electrons. The Kier molecular flexibility index (Phi) is 6.74. The van der Waals surface area contributed by atoms with Crippen molar-refractivity contribution in [3.8, 4) is 11.1 Å². The van der Waals surface area contributed by atoms with Gasteiger partial charge in [0, 0.05) is 31.0 Å². The SMILES string of the molecule is C[C@@H](NC(=O)[C@H](O)[C@@H](O)C(=O)N1Cc2ccccc2C1)c1ccc(-c2ccncc2Cl)cc1. The number of aliphatic hydroxyl groups excluding tert-OH is 2. The highest BCUT2D eigenvalue weighted by atomic mass is 35.5. The van der Waals surface area contributed by atoms with Gasteiger partial charge in [0.15, 0.2) is 12.2 Å². The molecule has 33 heavy (non-hydrogen) atoms. The zero-order valence-electron chi connectivity index (χ0n) is 18.0. The number of carbonyl (C=O) groups is 2. The maximum Gasteiger partial charge on any atom is 0.255 e. The molecule has 1 aliphatic heterocycles. The highest BCUT2D eigenvalue weighted by Gasteiger charge is 2.35. The number of pyridine rings is 1. The van der Waals surface area contributed by atoms with Crippen LogP contribution in [0.4, 0.5) is 0 Å². The van der Waals surface area contributed by atoms with Crippen molar-refractivity contribution < 1.29 is 19.8 Å². The number of nitrogens with zero attached hydrogens (tertiary/aromatic N) is 2. The molecule has 2 aromatic carbocycles. The highest BCUT2D eigenvalue weighted by Crippen LogP contribution is 2.28. The molecule has 1 aliphatic rings. The summed E-state index contributed by atoms with van der Waals surface area (Å²) in [6, 6.07) is 16.4. The number of amides is 2. The number of hydrogen-bond acceptors (Lipinski definition) is 5. The van der Waals surface area contributed by atoms with Crippen LogP contribution in [0.15, 0.2) is 67.0 Å². The topological polar surface area (TPSA) is 103 Å². The Balaban J connectivity index is 1.36. The molecule has 0 saturated carbocycles. The van der Waals surface area contributed by atoms with Crippen molar-refractivity contribution in [1.82, 2.24) is 15.2 Å². The molecule has 3 N–H and O–H groups in total. The predicted octanol–water partition coefficient (Wildman–Crippen LogP) is 2.84. The zero-order valence-corrected chi connectivity index (χ0v) is 18.7. The van der Waals surface area contributed by atoms with E-state index < -0.39 is 30.1 Å². The van der Waals surface area contributed by atoms with Crippen molar-refractivity contribution in [3.63, 3.8) is 0 Å². The van der Waals surface area contributed by atoms with Crippen molar-refractivity contribution >= 4 is 23.4 Å². The van der Waals surface area contributed by atoms with Crippen molar-refractivity contribution in [2.24, 2.45) is 0 Å². The van der Waals surface area contributed by atoms with E-state index in [-0.39, 0.29) is 0 Å². The molecule has 1 aromatic heterocycles. The van der Waals surface area contributed by atoms with Crippen LogP contribution in [0, 0.1) is 0 Å². The Morgan fingerprint density at radius 1 is 1.00 bits per heavy atom. The van der Waals surface area contributed by atoms with Gasteiger partial charge >= 0.3 is 0 Å². The summed E-state index contributed by atoms with van der Waals surface area (Å²) in [4.78, 5) is 30.6. The Morgan fingerprint density at radius 2 is 1.64 bits per heavy atom. The normalized spacial score (nSPS) is 15.5. The number of aliphatic hydroxyl groups is 2. The van der Waals surface area contributed by atoms with Gasteiger partial charge in [0.05, 0.1) is 11.1 Å². The van der Waals surface area contributed by atoms with Crippen LogP contribution in [-0.4, -0.2) is 44.1 Å². The molecule has 0 aliphatic carbocycles. The molecular formula is C25H24ClN3O4. The lowest BCUT2D eigenvalue weighted by atomic mass is 10.0. The number of carbonyl (C=O) groups excluding carboxylic acids is 2. The number of hydrogen-bond donors (Lipinski definition) is 3. The monoisotopic (exact) mass is 465 g/mol. The number of halogens is 1. The minimum atomic E-state index is -1.88. The minimum absolute atomic E-state index is 0.338. The summed E-state index contributed by atoms with van der Waals surface area (Å²) < 4.78 is 0. The standard InChI is InChI=1S/C25H24ClN3O4/c1-15(16-6-8-17(9-7-16)20-10-11-27-12-21(20)26)28-24(32)22(30)23(31)25(33)29-13-18-4-2-3-5-19(18)14-29/h2-12,15,22-23,30-31H,13-14H2,1H3,(H,28,32)/t15-,22-,23-/m1/s1. The van der Waals surface area contributed by atoms with Crippen molar-refractivity contribution in [1.29, 1.82) is 0 Å². The van der Waals surface area contributed by atoms with E-state index in [9.17, 15) is 19.8 Å².